The second-order valence-corrected chi connectivity index (χ2v) is 4.40. The van der Waals surface area contributed by atoms with Gasteiger partial charge in [0.15, 0.2) is 11.5 Å². The number of rotatable bonds is 7. The summed E-state index contributed by atoms with van der Waals surface area (Å²) in [6.45, 7) is 0.135. The number of carbonyl (C=O) groups is 1. The minimum Gasteiger partial charge on any atom is -0.493 e. The van der Waals surface area contributed by atoms with E-state index in [0.717, 1.165) is 19.3 Å². The van der Waals surface area contributed by atoms with Crippen molar-refractivity contribution >= 4 is 29.3 Å². The largest absolute Gasteiger partial charge is 0.493 e. The molecule has 0 aliphatic rings. The fourth-order valence-electron chi connectivity index (χ4n) is 1.66. The first-order valence-electron chi connectivity index (χ1n) is 6.23. The molecule has 0 radical (unpaired) electrons. The van der Waals surface area contributed by atoms with Crippen LogP contribution in [0.15, 0.2) is 17.7 Å². The van der Waals surface area contributed by atoms with Crippen LogP contribution < -0.4 is 9.47 Å². The van der Waals surface area contributed by atoms with Crippen LogP contribution in [-0.4, -0.2) is 37.6 Å². The molecule has 1 aromatic carbocycles. The Morgan fingerprint density at radius 2 is 2.13 bits per heavy atom. The third-order valence-electron chi connectivity index (χ3n) is 2.67. The molecule has 0 saturated carbocycles. The van der Waals surface area contributed by atoms with E-state index in [1.54, 1.807) is 6.07 Å². The number of benzene rings is 1. The number of carbonyl (C=O) groups excluding carboxylic acids is 1. The van der Waals surface area contributed by atoms with Crippen LogP contribution in [-0.2, 0) is 9.53 Å². The molecule has 0 fully saturated rings. The summed E-state index contributed by atoms with van der Waals surface area (Å²) in [7, 11) is 2.46. The third kappa shape index (κ3) is 4.59. The third-order valence-corrected chi connectivity index (χ3v) is 2.82. The van der Waals surface area contributed by atoms with Crippen LogP contribution >= 0.6 is 11.6 Å². The maximum absolute atomic E-state index is 11.4. The van der Waals surface area contributed by atoms with E-state index in [9.17, 15) is 14.9 Å². The molecule has 9 heteroatoms. The van der Waals surface area contributed by atoms with Crippen LogP contribution in [0, 0.1) is 21.4 Å². The van der Waals surface area contributed by atoms with Gasteiger partial charge in [-0.3, -0.25) is 10.1 Å². The van der Waals surface area contributed by atoms with Crippen molar-refractivity contribution in [3.05, 3.63) is 33.4 Å². The zero-order valence-electron chi connectivity index (χ0n) is 12.4. The van der Waals surface area contributed by atoms with Crippen LogP contribution in [0.1, 0.15) is 5.56 Å². The van der Waals surface area contributed by atoms with Crippen LogP contribution in [0.3, 0.4) is 0 Å². The predicted octanol–water partition coefficient (Wildman–Crippen LogP) is 2.30. The molecule has 0 spiro atoms. The second-order valence-electron chi connectivity index (χ2n) is 4.02. The Kier molecular flexibility index (Phi) is 6.83. The molecule has 0 atom stereocenters. The lowest BCUT2D eigenvalue weighted by Gasteiger charge is -2.11. The van der Waals surface area contributed by atoms with Gasteiger partial charge in [0, 0.05) is 0 Å². The summed E-state index contributed by atoms with van der Waals surface area (Å²) in [4.78, 5) is 22.0. The SMILES string of the molecule is COC(=O)C(C#N)=Cc1cc(OC)c(OCCCl)cc1[N+](=O)[O-]. The fourth-order valence-corrected chi connectivity index (χ4v) is 1.74. The van der Waals surface area contributed by atoms with Crippen LogP contribution in [0.25, 0.3) is 6.08 Å². The van der Waals surface area contributed by atoms with Gasteiger partial charge in [-0.2, -0.15) is 5.26 Å². The van der Waals surface area contributed by atoms with Gasteiger partial charge in [-0.15, -0.1) is 11.6 Å². The van der Waals surface area contributed by atoms with Gasteiger partial charge in [-0.25, -0.2) is 4.79 Å². The van der Waals surface area contributed by atoms with Crippen LogP contribution in [0.4, 0.5) is 5.69 Å². The number of halogens is 1. The Bertz CT molecular complexity index is 681. The molecule has 0 saturated heterocycles. The summed E-state index contributed by atoms with van der Waals surface area (Å²) in [5.41, 5.74) is -0.730. The molecule has 0 aliphatic carbocycles. The summed E-state index contributed by atoms with van der Waals surface area (Å²) < 4.78 is 14.8. The molecule has 0 aliphatic heterocycles. The Morgan fingerprint density at radius 3 is 2.61 bits per heavy atom. The number of alkyl halides is 1. The molecule has 1 aromatic rings. The minimum atomic E-state index is -0.900. The standard InChI is InChI=1S/C14H13ClN2O6/c1-21-12-6-9(5-10(8-16)14(18)22-2)11(17(19)20)7-13(12)23-4-3-15/h5-7H,3-4H2,1-2H3. The highest BCUT2D eigenvalue weighted by atomic mass is 35.5. The van der Waals surface area contributed by atoms with Crippen LogP contribution in [0.5, 0.6) is 11.5 Å². The van der Waals surface area contributed by atoms with Gasteiger partial charge in [-0.1, -0.05) is 0 Å². The lowest BCUT2D eigenvalue weighted by molar-refractivity contribution is -0.385. The average Bonchev–Trinajstić information content (AvgIpc) is 2.56. The summed E-state index contributed by atoms with van der Waals surface area (Å²) in [6.07, 6.45) is 1.05. The Balaban J connectivity index is 3.47. The van der Waals surface area contributed by atoms with Gasteiger partial charge < -0.3 is 14.2 Å². The molecule has 23 heavy (non-hydrogen) atoms. The molecule has 8 nitrogen and oxygen atoms in total. The van der Waals surface area contributed by atoms with Crippen molar-refractivity contribution in [3.8, 4) is 17.6 Å². The first-order chi connectivity index (χ1) is 11.0. The molecule has 0 heterocycles. The molecule has 122 valence electrons. The van der Waals surface area contributed by atoms with Gasteiger partial charge in [-0.05, 0) is 12.1 Å². The van der Waals surface area contributed by atoms with E-state index in [0.29, 0.717) is 0 Å². The van der Waals surface area contributed by atoms with Crippen molar-refractivity contribution in [2.75, 3.05) is 26.7 Å². The van der Waals surface area contributed by atoms with Gasteiger partial charge in [0.2, 0.25) is 0 Å². The van der Waals surface area contributed by atoms with Crippen molar-refractivity contribution in [2.24, 2.45) is 0 Å². The first kappa shape index (κ1) is 18.3. The molecular formula is C14H13ClN2O6. The smallest absolute Gasteiger partial charge is 0.348 e. The van der Waals surface area contributed by atoms with Gasteiger partial charge in [0.25, 0.3) is 5.69 Å². The topological polar surface area (TPSA) is 112 Å². The Labute approximate surface area is 137 Å². The first-order valence-corrected chi connectivity index (χ1v) is 6.77. The normalized spacial score (nSPS) is 10.6. The molecule has 0 aromatic heterocycles. The Hall–Kier alpha value is -2.79. The molecule has 0 bridgehead atoms. The Morgan fingerprint density at radius 1 is 1.43 bits per heavy atom. The number of hydrogen-bond donors (Lipinski definition) is 0. The highest BCUT2D eigenvalue weighted by Crippen LogP contribution is 2.35. The number of hydrogen-bond acceptors (Lipinski definition) is 7. The zero-order chi connectivity index (χ0) is 17.4. The fraction of sp³-hybridized carbons (Fsp3) is 0.286. The molecule has 0 unspecified atom stereocenters. The number of nitro benzene ring substituents is 1. The van der Waals surface area contributed by atoms with E-state index in [4.69, 9.17) is 26.3 Å². The number of esters is 1. The maximum Gasteiger partial charge on any atom is 0.348 e. The number of methoxy groups -OCH3 is 2. The summed E-state index contributed by atoms with van der Waals surface area (Å²) in [5.74, 6) is -0.370. The van der Waals surface area contributed by atoms with E-state index in [2.05, 4.69) is 4.74 Å². The van der Waals surface area contributed by atoms with Crippen molar-refractivity contribution in [1.82, 2.24) is 0 Å². The van der Waals surface area contributed by atoms with E-state index >= 15 is 0 Å². The lowest BCUT2D eigenvalue weighted by atomic mass is 10.1. The molecular weight excluding hydrogens is 328 g/mol. The van der Waals surface area contributed by atoms with E-state index in [1.165, 1.54) is 13.2 Å². The predicted molar refractivity (Wildman–Crippen MR) is 81.5 cm³/mol. The zero-order valence-corrected chi connectivity index (χ0v) is 13.1. The second kappa shape index (κ2) is 8.60. The average molecular weight is 341 g/mol. The van der Waals surface area contributed by atoms with Crippen LogP contribution in [0.2, 0.25) is 0 Å². The van der Waals surface area contributed by atoms with Gasteiger partial charge in [0.05, 0.1) is 36.7 Å². The number of ether oxygens (including phenoxy) is 3. The lowest BCUT2D eigenvalue weighted by Crippen LogP contribution is -2.04. The van der Waals surface area contributed by atoms with E-state index < -0.39 is 10.9 Å². The van der Waals surface area contributed by atoms with Gasteiger partial charge >= 0.3 is 5.97 Å². The summed E-state index contributed by atoms with van der Waals surface area (Å²) in [6, 6.07) is 4.06. The monoisotopic (exact) mass is 340 g/mol. The maximum atomic E-state index is 11.4. The summed E-state index contributed by atoms with van der Waals surface area (Å²) in [5, 5.41) is 20.2. The van der Waals surface area contributed by atoms with Crippen molar-refractivity contribution < 1.29 is 23.9 Å². The van der Waals surface area contributed by atoms with Crippen molar-refractivity contribution in [2.45, 2.75) is 0 Å². The molecule has 0 N–H and O–H groups in total. The highest BCUT2D eigenvalue weighted by molar-refractivity contribution is 6.18. The van der Waals surface area contributed by atoms with Crippen molar-refractivity contribution in [1.29, 1.82) is 5.26 Å². The molecule has 1 rings (SSSR count). The minimum absolute atomic E-state index is 0.00650. The quantitative estimate of drug-likeness (QED) is 0.187. The van der Waals surface area contributed by atoms with E-state index in [-0.39, 0.29) is 40.8 Å². The van der Waals surface area contributed by atoms with E-state index in [1.807, 2.05) is 0 Å². The number of nitrogens with zero attached hydrogens (tertiary/aromatic N) is 2. The summed E-state index contributed by atoms with van der Waals surface area (Å²) >= 11 is 5.52. The number of nitriles is 1. The number of nitro groups is 1. The molecule has 0 amide bonds. The highest BCUT2D eigenvalue weighted by Gasteiger charge is 2.20. The van der Waals surface area contributed by atoms with Crippen molar-refractivity contribution in [3.63, 3.8) is 0 Å². The van der Waals surface area contributed by atoms with Gasteiger partial charge in [0.1, 0.15) is 18.2 Å².